The number of aromatic hydroxyl groups is 1. The summed E-state index contributed by atoms with van der Waals surface area (Å²) in [5.74, 6) is 1.54. The van der Waals surface area contributed by atoms with Crippen LogP contribution < -0.4 is 4.74 Å². The number of benzene rings is 2. The molecule has 0 spiro atoms. The highest BCUT2D eigenvalue weighted by Gasteiger charge is 2.24. The highest BCUT2D eigenvalue weighted by molar-refractivity contribution is 6.11. The summed E-state index contributed by atoms with van der Waals surface area (Å²) in [6.07, 6.45) is 5.23. The van der Waals surface area contributed by atoms with E-state index in [1.165, 1.54) is 0 Å². The van der Waals surface area contributed by atoms with Crippen molar-refractivity contribution in [3.8, 4) is 23.1 Å². The monoisotopic (exact) mass is 556 g/mol. The van der Waals surface area contributed by atoms with Crippen LogP contribution >= 0.6 is 0 Å². The summed E-state index contributed by atoms with van der Waals surface area (Å²) in [7, 11) is 0. The van der Waals surface area contributed by atoms with Crippen molar-refractivity contribution in [2.75, 3.05) is 0 Å². The number of rotatable bonds is 3. The first-order valence-corrected chi connectivity index (χ1v) is 14.1. The van der Waals surface area contributed by atoms with E-state index in [9.17, 15) is 5.11 Å². The lowest BCUT2D eigenvalue weighted by molar-refractivity contribution is 0.414. The Labute approximate surface area is 243 Å². The number of pyridine rings is 3. The number of phenols is 1. The van der Waals surface area contributed by atoms with Crippen molar-refractivity contribution in [2.24, 2.45) is 0 Å². The summed E-state index contributed by atoms with van der Waals surface area (Å²) in [5.41, 5.74) is 5.58. The average Bonchev–Trinajstić information content (AvgIpc) is 3.49. The van der Waals surface area contributed by atoms with Crippen molar-refractivity contribution >= 4 is 44.0 Å². The van der Waals surface area contributed by atoms with Gasteiger partial charge in [0.1, 0.15) is 22.6 Å². The van der Waals surface area contributed by atoms with Gasteiger partial charge in [-0.1, -0.05) is 59.7 Å². The van der Waals surface area contributed by atoms with E-state index in [-0.39, 0.29) is 16.6 Å². The maximum atomic E-state index is 11.7. The third-order valence-corrected chi connectivity index (χ3v) is 7.83. The van der Waals surface area contributed by atoms with Crippen LogP contribution in [0.25, 0.3) is 49.8 Å². The van der Waals surface area contributed by atoms with Crippen molar-refractivity contribution in [2.45, 2.75) is 52.4 Å². The van der Waals surface area contributed by atoms with Crippen molar-refractivity contribution in [1.82, 2.24) is 19.5 Å². The molecule has 0 atom stereocenters. The molecule has 0 bridgehead atoms. The molecule has 0 aliphatic rings. The topological polar surface area (TPSA) is 86.2 Å². The third-order valence-electron chi connectivity index (χ3n) is 7.83. The van der Waals surface area contributed by atoms with Gasteiger partial charge in [-0.05, 0) is 58.9 Å². The van der Waals surface area contributed by atoms with Gasteiger partial charge in [0.25, 0.3) is 0 Å². The standard InChI is InChI=1S/C35H32N4O3/c1-34(2,3)20-13-15-36-28(17-20)39-26-10-8-7-9-22(26)23-11-12-27(31(40)30(23)39)41-21-18-24-29-32(42-33(24)38-19-21)25(14-16-37-29)35(4,5)6/h7-19,40H,1-6H3. The van der Waals surface area contributed by atoms with Gasteiger partial charge in [0.05, 0.1) is 17.1 Å². The molecular formula is C35H32N4O3. The Bertz CT molecular complexity index is 2160. The lowest BCUT2D eigenvalue weighted by atomic mass is 9.87. The van der Waals surface area contributed by atoms with E-state index in [2.05, 4.69) is 63.6 Å². The number of aromatic nitrogens is 4. The smallest absolute Gasteiger partial charge is 0.229 e. The normalized spacial score (nSPS) is 12.6. The summed E-state index contributed by atoms with van der Waals surface area (Å²) >= 11 is 0. The van der Waals surface area contributed by atoms with Gasteiger partial charge in [-0.25, -0.2) is 9.97 Å². The molecule has 0 radical (unpaired) electrons. The second-order valence-electron chi connectivity index (χ2n) is 12.8. The number of ether oxygens (including phenoxy) is 1. The minimum atomic E-state index is -0.116. The van der Waals surface area contributed by atoms with Crippen LogP contribution in [0.2, 0.25) is 0 Å². The molecule has 210 valence electrons. The summed E-state index contributed by atoms with van der Waals surface area (Å²) < 4.78 is 14.4. The predicted octanol–water partition coefficient (Wildman–Crippen LogP) is 8.96. The van der Waals surface area contributed by atoms with E-state index in [1.807, 2.05) is 53.2 Å². The van der Waals surface area contributed by atoms with Gasteiger partial charge >= 0.3 is 0 Å². The third kappa shape index (κ3) is 4.07. The summed E-state index contributed by atoms with van der Waals surface area (Å²) in [6.45, 7) is 13.0. The Morgan fingerprint density at radius 3 is 2.36 bits per heavy atom. The van der Waals surface area contributed by atoms with Gasteiger partial charge in [-0.15, -0.1) is 0 Å². The molecule has 42 heavy (non-hydrogen) atoms. The number of phenolic OH excluding ortho intramolecular Hbond substituents is 1. The SMILES string of the molecule is CC(C)(C)c1ccnc(-n2c3ccccc3c3ccc(Oc4cnc5oc6c(C(C)(C)C)ccnc6c5c4)c(O)c32)c1. The fraction of sp³-hybridized carbons (Fsp3) is 0.229. The molecule has 7 aromatic rings. The Kier molecular flexibility index (Phi) is 5.60. The zero-order valence-corrected chi connectivity index (χ0v) is 24.6. The van der Waals surface area contributed by atoms with E-state index >= 15 is 0 Å². The largest absolute Gasteiger partial charge is 0.503 e. The molecule has 7 rings (SSSR count). The first-order valence-electron chi connectivity index (χ1n) is 14.1. The summed E-state index contributed by atoms with van der Waals surface area (Å²) in [6, 6.07) is 19.8. The van der Waals surface area contributed by atoms with Crippen LogP contribution in [0.5, 0.6) is 17.2 Å². The van der Waals surface area contributed by atoms with E-state index in [0.29, 0.717) is 22.7 Å². The highest BCUT2D eigenvalue weighted by atomic mass is 16.5. The zero-order valence-electron chi connectivity index (χ0n) is 24.6. The molecule has 0 aliphatic heterocycles. The maximum Gasteiger partial charge on any atom is 0.229 e. The molecule has 5 heterocycles. The lowest BCUT2D eigenvalue weighted by Crippen LogP contribution is -2.12. The minimum Gasteiger partial charge on any atom is -0.503 e. The fourth-order valence-electron chi connectivity index (χ4n) is 5.65. The molecule has 5 aromatic heterocycles. The van der Waals surface area contributed by atoms with Crippen LogP contribution in [-0.2, 0) is 10.8 Å². The number of hydrogen-bond donors (Lipinski definition) is 1. The number of para-hydroxylation sites is 1. The van der Waals surface area contributed by atoms with Gasteiger partial charge in [0.15, 0.2) is 17.1 Å². The van der Waals surface area contributed by atoms with Crippen LogP contribution in [-0.4, -0.2) is 24.6 Å². The van der Waals surface area contributed by atoms with Crippen LogP contribution in [0.4, 0.5) is 0 Å². The van der Waals surface area contributed by atoms with Crippen molar-refractivity contribution in [1.29, 1.82) is 0 Å². The van der Waals surface area contributed by atoms with Crippen LogP contribution in [0, 0.1) is 0 Å². The van der Waals surface area contributed by atoms with E-state index in [0.717, 1.165) is 49.7 Å². The van der Waals surface area contributed by atoms with Gasteiger partial charge in [-0.3, -0.25) is 9.55 Å². The van der Waals surface area contributed by atoms with E-state index in [1.54, 1.807) is 18.5 Å². The zero-order chi connectivity index (χ0) is 29.4. The van der Waals surface area contributed by atoms with Gasteiger partial charge < -0.3 is 14.3 Å². The van der Waals surface area contributed by atoms with Crippen LogP contribution in [0.15, 0.2) is 83.7 Å². The molecule has 0 amide bonds. The predicted molar refractivity (Wildman–Crippen MR) is 167 cm³/mol. The van der Waals surface area contributed by atoms with E-state index < -0.39 is 0 Å². The second-order valence-corrected chi connectivity index (χ2v) is 12.8. The molecule has 1 N–H and O–H groups in total. The highest BCUT2D eigenvalue weighted by Crippen LogP contribution is 2.44. The Morgan fingerprint density at radius 2 is 1.57 bits per heavy atom. The van der Waals surface area contributed by atoms with Crippen LogP contribution in [0.1, 0.15) is 52.7 Å². The molecule has 0 saturated carbocycles. The molecule has 2 aromatic carbocycles. The molecule has 0 aliphatic carbocycles. The van der Waals surface area contributed by atoms with Crippen LogP contribution in [0.3, 0.4) is 0 Å². The molecule has 0 saturated heterocycles. The maximum absolute atomic E-state index is 11.7. The van der Waals surface area contributed by atoms with Crippen molar-refractivity contribution in [3.63, 3.8) is 0 Å². The van der Waals surface area contributed by atoms with Gasteiger partial charge in [0, 0.05) is 28.7 Å². The van der Waals surface area contributed by atoms with E-state index in [4.69, 9.17) is 14.1 Å². The molecule has 7 nitrogen and oxygen atoms in total. The quantitative estimate of drug-likeness (QED) is 0.234. The summed E-state index contributed by atoms with van der Waals surface area (Å²) in [4.78, 5) is 13.8. The number of hydrogen-bond acceptors (Lipinski definition) is 6. The van der Waals surface area contributed by atoms with Gasteiger partial charge in [0.2, 0.25) is 5.71 Å². The molecule has 0 unspecified atom stereocenters. The second kappa shape index (κ2) is 9.05. The summed E-state index contributed by atoms with van der Waals surface area (Å²) in [5, 5.41) is 14.4. The Morgan fingerprint density at radius 1 is 0.786 bits per heavy atom. The minimum absolute atomic E-state index is 0.0250. The number of furan rings is 1. The molecule has 7 heteroatoms. The Hall–Kier alpha value is -4.91. The fourth-order valence-corrected chi connectivity index (χ4v) is 5.65. The first kappa shape index (κ1) is 26.0. The molecular weight excluding hydrogens is 524 g/mol. The average molecular weight is 557 g/mol. The van der Waals surface area contributed by atoms with Gasteiger partial charge in [-0.2, -0.15) is 0 Å². The Balaban J connectivity index is 1.39. The van der Waals surface area contributed by atoms with Crippen molar-refractivity contribution in [3.05, 3.63) is 90.4 Å². The number of fused-ring (bicyclic) bond motifs is 6. The molecule has 0 fully saturated rings. The van der Waals surface area contributed by atoms with Crippen molar-refractivity contribution < 1.29 is 14.3 Å². The lowest BCUT2D eigenvalue weighted by Gasteiger charge is -2.20. The number of nitrogens with zero attached hydrogens (tertiary/aromatic N) is 4. The first-order chi connectivity index (χ1) is 20.0.